The first kappa shape index (κ1) is 18.7. The second-order valence-corrected chi connectivity index (χ2v) is 7.63. The monoisotopic (exact) mass is 352 g/mol. The first-order valence-corrected chi connectivity index (χ1v) is 10.0. The lowest BCUT2D eigenvalue weighted by molar-refractivity contribution is 0.442. The lowest BCUT2D eigenvalue weighted by Gasteiger charge is -2.36. The zero-order chi connectivity index (χ0) is 18.5. The van der Waals surface area contributed by atoms with Crippen molar-refractivity contribution >= 4 is 11.8 Å². The summed E-state index contributed by atoms with van der Waals surface area (Å²) in [6, 6.07) is 13.7. The van der Waals surface area contributed by atoms with Crippen molar-refractivity contribution < 1.29 is 0 Å². The molecular weight excluding hydrogens is 320 g/mol. The van der Waals surface area contributed by atoms with Gasteiger partial charge in [0.1, 0.15) is 5.82 Å². The maximum atomic E-state index is 5.01. The molecule has 1 aliphatic heterocycles. The summed E-state index contributed by atoms with van der Waals surface area (Å²) in [7, 11) is 0. The van der Waals surface area contributed by atoms with Crippen LogP contribution in [0.25, 0.3) is 0 Å². The van der Waals surface area contributed by atoms with E-state index in [0.29, 0.717) is 12.1 Å². The Balaban J connectivity index is 1.91. The van der Waals surface area contributed by atoms with E-state index in [0.717, 1.165) is 37.0 Å². The van der Waals surface area contributed by atoms with Crippen molar-refractivity contribution in [1.82, 2.24) is 9.97 Å². The average molecular weight is 353 g/mol. The third-order valence-electron chi connectivity index (χ3n) is 5.30. The van der Waals surface area contributed by atoms with Crippen LogP contribution in [-0.2, 0) is 6.54 Å². The van der Waals surface area contributed by atoms with Gasteiger partial charge in [-0.1, -0.05) is 37.3 Å². The summed E-state index contributed by atoms with van der Waals surface area (Å²) >= 11 is 0. The van der Waals surface area contributed by atoms with Crippen molar-refractivity contribution in [1.29, 1.82) is 0 Å². The zero-order valence-electron chi connectivity index (χ0n) is 16.7. The van der Waals surface area contributed by atoms with Gasteiger partial charge in [-0.25, -0.2) is 4.98 Å². The number of benzene rings is 1. The van der Waals surface area contributed by atoms with Crippen molar-refractivity contribution in [2.24, 2.45) is 0 Å². The van der Waals surface area contributed by atoms with Crippen LogP contribution in [0.3, 0.4) is 0 Å². The molecule has 1 atom stereocenters. The number of anilines is 2. The fourth-order valence-corrected chi connectivity index (χ4v) is 3.81. The van der Waals surface area contributed by atoms with E-state index in [9.17, 15) is 0 Å². The molecule has 0 N–H and O–H groups in total. The summed E-state index contributed by atoms with van der Waals surface area (Å²) in [6.07, 6.45) is 4.96. The van der Waals surface area contributed by atoms with Crippen LogP contribution in [0.5, 0.6) is 0 Å². The standard InChI is InChI=1S/C22H32N4/c1-5-20-13-9-10-14-25(20)22-23-18(4)15-21(24-22)26(17(2)3)16-19-11-7-6-8-12-19/h6-8,11-12,15,17,20H,5,9-10,13-14,16H2,1-4H3. The quantitative estimate of drug-likeness (QED) is 0.735. The van der Waals surface area contributed by atoms with Crippen LogP contribution in [0, 0.1) is 6.92 Å². The van der Waals surface area contributed by atoms with Gasteiger partial charge < -0.3 is 9.80 Å². The molecule has 3 rings (SSSR count). The first-order chi connectivity index (χ1) is 12.6. The first-order valence-electron chi connectivity index (χ1n) is 10.0. The third kappa shape index (κ3) is 4.35. The normalized spacial score (nSPS) is 17.6. The Morgan fingerprint density at radius 1 is 1.15 bits per heavy atom. The van der Waals surface area contributed by atoms with Crippen LogP contribution < -0.4 is 9.80 Å². The highest BCUT2D eigenvalue weighted by Crippen LogP contribution is 2.27. The van der Waals surface area contributed by atoms with E-state index in [2.05, 4.69) is 73.9 Å². The second kappa shape index (κ2) is 8.52. The third-order valence-corrected chi connectivity index (χ3v) is 5.30. The molecule has 0 saturated carbocycles. The van der Waals surface area contributed by atoms with Crippen molar-refractivity contribution in [3.8, 4) is 0 Å². The summed E-state index contributed by atoms with van der Waals surface area (Å²) in [4.78, 5) is 14.6. The Morgan fingerprint density at radius 2 is 1.92 bits per heavy atom. The molecule has 0 spiro atoms. The summed E-state index contributed by atoms with van der Waals surface area (Å²) in [5, 5.41) is 0. The molecule has 0 bridgehead atoms. The van der Waals surface area contributed by atoms with Gasteiger partial charge in [0, 0.05) is 36.9 Å². The number of hydrogen-bond acceptors (Lipinski definition) is 4. The molecule has 2 heterocycles. The van der Waals surface area contributed by atoms with E-state index in [-0.39, 0.29) is 0 Å². The van der Waals surface area contributed by atoms with E-state index in [4.69, 9.17) is 9.97 Å². The van der Waals surface area contributed by atoms with Crippen LogP contribution in [-0.4, -0.2) is 28.6 Å². The molecular formula is C22H32N4. The SMILES string of the molecule is CCC1CCCCN1c1nc(C)cc(N(Cc2ccccc2)C(C)C)n1. The highest BCUT2D eigenvalue weighted by molar-refractivity contribution is 5.48. The molecule has 1 saturated heterocycles. The minimum atomic E-state index is 0.376. The van der Waals surface area contributed by atoms with Crippen molar-refractivity contribution in [3.63, 3.8) is 0 Å². The lowest BCUT2D eigenvalue weighted by Crippen LogP contribution is -2.41. The van der Waals surface area contributed by atoms with Crippen molar-refractivity contribution in [2.45, 2.75) is 72.0 Å². The Kier molecular flexibility index (Phi) is 6.12. The molecule has 2 aromatic rings. The van der Waals surface area contributed by atoms with Crippen molar-refractivity contribution in [3.05, 3.63) is 47.7 Å². The summed E-state index contributed by atoms with van der Waals surface area (Å²) in [5.74, 6) is 1.94. The predicted molar refractivity (Wildman–Crippen MR) is 110 cm³/mol. The van der Waals surface area contributed by atoms with Crippen LogP contribution in [0.4, 0.5) is 11.8 Å². The predicted octanol–water partition coefficient (Wildman–Crippen LogP) is 4.97. The molecule has 0 amide bonds. The molecule has 0 radical (unpaired) electrons. The maximum absolute atomic E-state index is 5.01. The molecule has 4 nitrogen and oxygen atoms in total. The van der Waals surface area contributed by atoms with Gasteiger partial charge in [0.2, 0.25) is 5.95 Å². The van der Waals surface area contributed by atoms with Crippen molar-refractivity contribution in [2.75, 3.05) is 16.3 Å². The van der Waals surface area contributed by atoms with Gasteiger partial charge in [0.15, 0.2) is 0 Å². The van der Waals surface area contributed by atoms with Gasteiger partial charge in [-0.15, -0.1) is 0 Å². The molecule has 26 heavy (non-hydrogen) atoms. The Labute approximate surface area is 158 Å². The highest BCUT2D eigenvalue weighted by Gasteiger charge is 2.24. The number of piperidine rings is 1. The topological polar surface area (TPSA) is 32.3 Å². The number of aromatic nitrogens is 2. The van der Waals surface area contributed by atoms with Gasteiger partial charge in [-0.2, -0.15) is 4.98 Å². The molecule has 1 aliphatic rings. The molecule has 0 aliphatic carbocycles. The summed E-state index contributed by atoms with van der Waals surface area (Å²) in [5.41, 5.74) is 2.35. The molecule has 4 heteroatoms. The molecule has 1 aromatic carbocycles. The largest absolute Gasteiger partial charge is 0.350 e. The van der Waals surface area contributed by atoms with E-state index < -0.39 is 0 Å². The van der Waals surface area contributed by atoms with Crippen LogP contribution in [0.15, 0.2) is 36.4 Å². The Bertz CT molecular complexity index is 699. The Hall–Kier alpha value is -2.10. The molecule has 140 valence electrons. The van der Waals surface area contributed by atoms with E-state index >= 15 is 0 Å². The minimum absolute atomic E-state index is 0.376. The molecule has 1 aromatic heterocycles. The van der Waals surface area contributed by atoms with Crippen LogP contribution in [0.1, 0.15) is 57.7 Å². The number of nitrogens with zero attached hydrogens (tertiary/aromatic N) is 4. The number of rotatable bonds is 6. The van der Waals surface area contributed by atoms with Crippen LogP contribution in [0.2, 0.25) is 0 Å². The van der Waals surface area contributed by atoms with Gasteiger partial charge in [-0.3, -0.25) is 0 Å². The Morgan fingerprint density at radius 3 is 2.62 bits per heavy atom. The van der Waals surface area contributed by atoms with Gasteiger partial charge >= 0.3 is 0 Å². The lowest BCUT2D eigenvalue weighted by atomic mass is 10.0. The maximum Gasteiger partial charge on any atom is 0.227 e. The number of hydrogen-bond donors (Lipinski definition) is 0. The van der Waals surface area contributed by atoms with Crippen LogP contribution >= 0.6 is 0 Å². The second-order valence-electron chi connectivity index (χ2n) is 7.63. The molecule has 1 unspecified atom stereocenters. The fraction of sp³-hybridized carbons (Fsp3) is 0.545. The zero-order valence-corrected chi connectivity index (χ0v) is 16.7. The minimum Gasteiger partial charge on any atom is -0.350 e. The highest BCUT2D eigenvalue weighted by atomic mass is 15.3. The fourth-order valence-electron chi connectivity index (χ4n) is 3.81. The smallest absolute Gasteiger partial charge is 0.227 e. The summed E-state index contributed by atoms with van der Waals surface area (Å²) < 4.78 is 0. The van der Waals surface area contributed by atoms with Gasteiger partial charge in [0.05, 0.1) is 0 Å². The van der Waals surface area contributed by atoms with E-state index in [1.54, 1.807) is 0 Å². The average Bonchev–Trinajstić information content (AvgIpc) is 2.66. The van der Waals surface area contributed by atoms with E-state index in [1.807, 2.05) is 0 Å². The number of aryl methyl sites for hydroxylation is 1. The van der Waals surface area contributed by atoms with Gasteiger partial charge in [-0.05, 0) is 52.0 Å². The van der Waals surface area contributed by atoms with E-state index in [1.165, 1.54) is 24.8 Å². The summed E-state index contributed by atoms with van der Waals surface area (Å²) in [6.45, 7) is 10.8. The molecule has 1 fully saturated rings. The van der Waals surface area contributed by atoms with Gasteiger partial charge in [0.25, 0.3) is 0 Å².